The normalized spacial score (nSPS) is 13.9. The summed E-state index contributed by atoms with van der Waals surface area (Å²) in [5.41, 5.74) is 1.55. The van der Waals surface area contributed by atoms with Crippen molar-refractivity contribution in [2.24, 2.45) is 5.41 Å². The minimum absolute atomic E-state index is 0.312. The topological polar surface area (TPSA) is 12.0 Å². The van der Waals surface area contributed by atoms with E-state index in [2.05, 4.69) is 39.1 Å². The minimum Gasteiger partial charge on any atom is -0.310 e. The lowest BCUT2D eigenvalue weighted by Crippen LogP contribution is -2.29. The standard InChI is InChI=1S/C13H20ClN/c1-10(15-9-13(2,3)4)11-6-5-7-12(14)8-11/h5-8,10,15H,9H2,1-4H3/t10-/m1/s1. The number of hydrogen-bond donors (Lipinski definition) is 1. The molecule has 84 valence electrons. The molecule has 1 aromatic rings. The second-order valence-electron chi connectivity index (χ2n) is 5.22. The Morgan fingerprint density at radius 3 is 2.53 bits per heavy atom. The van der Waals surface area contributed by atoms with Gasteiger partial charge in [0.05, 0.1) is 0 Å². The summed E-state index contributed by atoms with van der Waals surface area (Å²) in [5, 5.41) is 4.31. The van der Waals surface area contributed by atoms with Crippen LogP contribution in [0, 0.1) is 5.41 Å². The molecule has 1 rings (SSSR count). The zero-order valence-corrected chi connectivity index (χ0v) is 10.7. The highest BCUT2D eigenvalue weighted by Gasteiger charge is 2.12. The minimum atomic E-state index is 0.312. The Kier molecular flexibility index (Phi) is 4.18. The van der Waals surface area contributed by atoms with Crippen LogP contribution in [-0.4, -0.2) is 6.54 Å². The number of nitrogens with one attached hydrogen (secondary N) is 1. The molecule has 2 heteroatoms. The van der Waals surface area contributed by atoms with E-state index in [1.165, 1.54) is 5.56 Å². The van der Waals surface area contributed by atoms with Crippen molar-refractivity contribution in [3.05, 3.63) is 34.9 Å². The van der Waals surface area contributed by atoms with Crippen LogP contribution in [0.4, 0.5) is 0 Å². The molecule has 0 amide bonds. The van der Waals surface area contributed by atoms with Gasteiger partial charge in [0.25, 0.3) is 0 Å². The molecule has 15 heavy (non-hydrogen) atoms. The lowest BCUT2D eigenvalue weighted by molar-refractivity contribution is 0.359. The van der Waals surface area contributed by atoms with Crippen LogP contribution in [-0.2, 0) is 0 Å². The molecule has 0 radical (unpaired) electrons. The Morgan fingerprint density at radius 1 is 1.33 bits per heavy atom. The molecule has 0 aromatic heterocycles. The number of benzene rings is 1. The maximum absolute atomic E-state index is 5.95. The molecule has 1 atom stereocenters. The van der Waals surface area contributed by atoms with Gasteiger partial charge in [-0.15, -0.1) is 0 Å². The molecular weight excluding hydrogens is 206 g/mol. The van der Waals surface area contributed by atoms with Crippen LogP contribution in [0.2, 0.25) is 5.02 Å². The van der Waals surface area contributed by atoms with Gasteiger partial charge < -0.3 is 5.32 Å². The van der Waals surface area contributed by atoms with Crippen LogP contribution < -0.4 is 5.32 Å². The van der Waals surface area contributed by atoms with Gasteiger partial charge in [-0.05, 0) is 30.0 Å². The summed E-state index contributed by atoms with van der Waals surface area (Å²) >= 11 is 5.95. The molecule has 1 nitrogen and oxygen atoms in total. The molecule has 0 saturated carbocycles. The van der Waals surface area contributed by atoms with Crippen LogP contribution in [0.1, 0.15) is 39.3 Å². The zero-order chi connectivity index (χ0) is 11.5. The first-order valence-electron chi connectivity index (χ1n) is 5.37. The Labute approximate surface area is 97.8 Å². The van der Waals surface area contributed by atoms with Gasteiger partial charge in [-0.1, -0.05) is 44.5 Å². The van der Waals surface area contributed by atoms with Crippen LogP contribution >= 0.6 is 11.6 Å². The average Bonchev–Trinajstić information content (AvgIpc) is 2.13. The van der Waals surface area contributed by atoms with E-state index in [9.17, 15) is 0 Å². The predicted molar refractivity (Wildman–Crippen MR) is 67.3 cm³/mol. The summed E-state index contributed by atoms with van der Waals surface area (Å²) in [7, 11) is 0. The molecule has 0 heterocycles. The van der Waals surface area contributed by atoms with Crippen LogP contribution in [0.3, 0.4) is 0 Å². The number of hydrogen-bond acceptors (Lipinski definition) is 1. The third-order valence-electron chi connectivity index (χ3n) is 2.29. The summed E-state index contributed by atoms with van der Waals surface area (Å²) in [6, 6.07) is 8.37. The third-order valence-corrected chi connectivity index (χ3v) is 2.52. The van der Waals surface area contributed by atoms with Crippen molar-refractivity contribution in [2.75, 3.05) is 6.54 Å². The van der Waals surface area contributed by atoms with Gasteiger partial charge in [0.1, 0.15) is 0 Å². The Balaban J connectivity index is 2.58. The Morgan fingerprint density at radius 2 is 2.00 bits per heavy atom. The Hall–Kier alpha value is -0.530. The lowest BCUT2D eigenvalue weighted by atomic mass is 9.96. The van der Waals surface area contributed by atoms with Gasteiger partial charge in [0.2, 0.25) is 0 Å². The smallest absolute Gasteiger partial charge is 0.0409 e. The van der Waals surface area contributed by atoms with E-state index >= 15 is 0 Å². The Bertz CT molecular complexity index is 315. The van der Waals surface area contributed by atoms with Crippen molar-refractivity contribution in [1.82, 2.24) is 5.32 Å². The average molecular weight is 226 g/mol. The van der Waals surface area contributed by atoms with Crippen LogP contribution in [0.15, 0.2) is 24.3 Å². The molecule has 0 saturated heterocycles. The van der Waals surface area contributed by atoms with E-state index in [0.717, 1.165) is 11.6 Å². The van der Waals surface area contributed by atoms with E-state index in [0.29, 0.717) is 11.5 Å². The maximum Gasteiger partial charge on any atom is 0.0409 e. The summed E-state index contributed by atoms with van der Waals surface area (Å²) < 4.78 is 0. The summed E-state index contributed by atoms with van der Waals surface area (Å²) in [6.45, 7) is 9.85. The van der Waals surface area contributed by atoms with Crippen molar-refractivity contribution in [2.45, 2.75) is 33.7 Å². The first-order valence-corrected chi connectivity index (χ1v) is 5.75. The van der Waals surface area contributed by atoms with Gasteiger partial charge in [-0.3, -0.25) is 0 Å². The van der Waals surface area contributed by atoms with Crippen LogP contribution in [0.5, 0.6) is 0 Å². The molecule has 0 bridgehead atoms. The largest absolute Gasteiger partial charge is 0.310 e. The van der Waals surface area contributed by atoms with Gasteiger partial charge >= 0.3 is 0 Å². The zero-order valence-electron chi connectivity index (χ0n) is 9.97. The molecule has 1 N–H and O–H groups in total. The maximum atomic E-state index is 5.95. The van der Waals surface area contributed by atoms with Crippen LogP contribution in [0.25, 0.3) is 0 Å². The fraction of sp³-hybridized carbons (Fsp3) is 0.538. The van der Waals surface area contributed by atoms with Gasteiger partial charge in [0, 0.05) is 17.6 Å². The number of halogens is 1. The first kappa shape index (κ1) is 12.5. The second kappa shape index (κ2) is 5.00. The molecule has 0 aliphatic carbocycles. The molecule has 0 unspecified atom stereocenters. The lowest BCUT2D eigenvalue weighted by Gasteiger charge is -2.23. The summed E-state index contributed by atoms with van der Waals surface area (Å²) in [4.78, 5) is 0. The van der Waals surface area contributed by atoms with Crippen molar-refractivity contribution < 1.29 is 0 Å². The van der Waals surface area contributed by atoms with Gasteiger partial charge in [-0.25, -0.2) is 0 Å². The molecule has 0 aliphatic heterocycles. The molecule has 1 aromatic carbocycles. The summed E-state index contributed by atoms with van der Waals surface area (Å²) in [6.07, 6.45) is 0. The highest BCUT2D eigenvalue weighted by Crippen LogP contribution is 2.19. The van der Waals surface area contributed by atoms with Gasteiger partial charge in [-0.2, -0.15) is 0 Å². The number of rotatable bonds is 3. The molecular formula is C13H20ClN. The van der Waals surface area contributed by atoms with Crippen molar-refractivity contribution in [3.8, 4) is 0 Å². The molecule has 0 spiro atoms. The monoisotopic (exact) mass is 225 g/mol. The predicted octanol–water partition coefficient (Wildman–Crippen LogP) is 4.04. The van der Waals surface area contributed by atoms with E-state index in [-0.39, 0.29) is 0 Å². The van der Waals surface area contributed by atoms with Gasteiger partial charge in [0.15, 0.2) is 0 Å². The van der Waals surface area contributed by atoms with Crippen molar-refractivity contribution in [1.29, 1.82) is 0 Å². The van der Waals surface area contributed by atoms with Crippen molar-refractivity contribution >= 4 is 11.6 Å². The molecule has 0 aliphatic rings. The third kappa shape index (κ3) is 4.67. The summed E-state index contributed by atoms with van der Waals surface area (Å²) in [5.74, 6) is 0. The SMILES string of the molecule is C[C@@H](NCC(C)(C)C)c1cccc(Cl)c1. The van der Waals surface area contributed by atoms with E-state index in [1.807, 2.05) is 18.2 Å². The van der Waals surface area contributed by atoms with E-state index < -0.39 is 0 Å². The highest BCUT2D eigenvalue weighted by atomic mass is 35.5. The fourth-order valence-electron chi connectivity index (χ4n) is 1.35. The van der Waals surface area contributed by atoms with Crippen molar-refractivity contribution in [3.63, 3.8) is 0 Å². The quantitative estimate of drug-likeness (QED) is 0.819. The highest BCUT2D eigenvalue weighted by molar-refractivity contribution is 6.30. The first-order chi connectivity index (χ1) is 6.88. The van der Waals surface area contributed by atoms with E-state index in [1.54, 1.807) is 0 Å². The second-order valence-corrected chi connectivity index (χ2v) is 5.65. The fourth-order valence-corrected chi connectivity index (χ4v) is 1.55. The van der Waals surface area contributed by atoms with E-state index in [4.69, 9.17) is 11.6 Å². The molecule has 0 fully saturated rings.